The van der Waals surface area contributed by atoms with Crippen molar-refractivity contribution < 1.29 is 28.7 Å². The van der Waals surface area contributed by atoms with Crippen molar-refractivity contribution in [3.8, 4) is 0 Å². The van der Waals surface area contributed by atoms with E-state index in [2.05, 4.69) is 0 Å². The molecule has 0 radical (unpaired) electrons. The number of carbonyl (C=O) groups excluding carboxylic acids is 5. The van der Waals surface area contributed by atoms with Crippen LogP contribution in [0.1, 0.15) is 53.3 Å². The monoisotopic (exact) mass is 399 g/mol. The van der Waals surface area contributed by atoms with Crippen molar-refractivity contribution in [2.24, 2.45) is 0 Å². The van der Waals surface area contributed by atoms with Crippen LogP contribution in [-0.4, -0.2) is 69.8 Å². The summed E-state index contributed by atoms with van der Waals surface area (Å²) < 4.78 is 5.09. The maximum atomic E-state index is 13.5. The molecule has 152 valence electrons. The average Bonchev–Trinajstić information content (AvgIpc) is 2.90. The molecule has 0 aliphatic carbocycles. The molecule has 9 nitrogen and oxygen atoms in total. The maximum Gasteiger partial charge on any atom is 0.330 e. The molecule has 9 heteroatoms. The lowest BCUT2D eigenvalue weighted by Crippen LogP contribution is -2.62. The summed E-state index contributed by atoms with van der Waals surface area (Å²) in [6.45, 7) is 2.11. The van der Waals surface area contributed by atoms with E-state index in [0.29, 0.717) is 19.4 Å². The first-order chi connectivity index (χ1) is 14.0. The van der Waals surface area contributed by atoms with Gasteiger partial charge in [0.05, 0.1) is 17.7 Å². The Hall–Kier alpha value is -3.23. The number of imide groups is 1. The van der Waals surface area contributed by atoms with Gasteiger partial charge in [0, 0.05) is 13.0 Å². The fourth-order valence-corrected chi connectivity index (χ4v) is 4.20. The lowest BCUT2D eigenvalue weighted by Gasteiger charge is -2.42. The molecule has 4 rings (SSSR count). The minimum Gasteiger partial charge on any atom is -0.464 e. The Labute approximate surface area is 167 Å². The van der Waals surface area contributed by atoms with E-state index in [1.54, 1.807) is 19.1 Å². The van der Waals surface area contributed by atoms with Gasteiger partial charge in [-0.1, -0.05) is 12.1 Å². The summed E-state index contributed by atoms with van der Waals surface area (Å²) in [5.74, 6) is -2.64. The van der Waals surface area contributed by atoms with Crippen LogP contribution in [0.15, 0.2) is 24.3 Å². The summed E-state index contributed by atoms with van der Waals surface area (Å²) in [7, 11) is 0. The molecule has 3 heterocycles. The highest BCUT2D eigenvalue weighted by molar-refractivity contribution is 6.23. The molecule has 0 N–H and O–H groups in total. The molecular formula is C20H21N3O6. The Morgan fingerprint density at radius 2 is 1.72 bits per heavy atom. The number of nitrogens with zero attached hydrogens (tertiary/aromatic N) is 3. The standard InChI is InChI=1S/C20H21N3O6/c1-2-29-20(28)15-8-5-11-21-16(24)10-9-14(19(27)23(15)21)22-17(25)12-6-3-4-7-13(12)18(22)26/h3-4,6-7,14-15H,2,5,8-11H2,1H3. The molecule has 2 saturated heterocycles. The molecule has 2 atom stereocenters. The molecule has 4 amide bonds. The van der Waals surface area contributed by atoms with Crippen molar-refractivity contribution in [3.63, 3.8) is 0 Å². The van der Waals surface area contributed by atoms with Crippen LogP contribution in [0.25, 0.3) is 0 Å². The molecule has 1 aromatic rings. The van der Waals surface area contributed by atoms with E-state index in [0.717, 1.165) is 9.91 Å². The number of benzene rings is 1. The van der Waals surface area contributed by atoms with Crippen molar-refractivity contribution >= 4 is 29.6 Å². The minimum absolute atomic E-state index is 0.00411. The van der Waals surface area contributed by atoms with Crippen molar-refractivity contribution in [1.29, 1.82) is 0 Å². The van der Waals surface area contributed by atoms with E-state index in [1.807, 2.05) is 0 Å². The third kappa shape index (κ3) is 2.97. The zero-order valence-corrected chi connectivity index (χ0v) is 16.0. The second kappa shape index (κ2) is 7.31. The van der Waals surface area contributed by atoms with E-state index >= 15 is 0 Å². The van der Waals surface area contributed by atoms with Gasteiger partial charge in [-0.25, -0.2) is 9.80 Å². The highest BCUT2D eigenvalue weighted by Gasteiger charge is 2.50. The van der Waals surface area contributed by atoms with Crippen LogP contribution in [0.4, 0.5) is 0 Å². The Balaban J connectivity index is 1.70. The number of hydrogen-bond donors (Lipinski definition) is 0. The third-order valence-corrected chi connectivity index (χ3v) is 5.53. The Morgan fingerprint density at radius 1 is 1.07 bits per heavy atom. The number of ether oxygens (including phenoxy) is 1. The molecule has 3 aliphatic heterocycles. The molecule has 0 aromatic heterocycles. The van der Waals surface area contributed by atoms with Gasteiger partial charge in [-0.15, -0.1) is 0 Å². The van der Waals surface area contributed by atoms with Crippen molar-refractivity contribution in [2.45, 2.75) is 44.7 Å². The van der Waals surface area contributed by atoms with Gasteiger partial charge in [0.2, 0.25) is 5.91 Å². The fraction of sp³-hybridized carbons (Fsp3) is 0.450. The van der Waals surface area contributed by atoms with Crippen molar-refractivity contribution in [1.82, 2.24) is 14.9 Å². The number of hydrogen-bond acceptors (Lipinski definition) is 6. The topological polar surface area (TPSA) is 104 Å². The van der Waals surface area contributed by atoms with Crippen molar-refractivity contribution in [2.75, 3.05) is 13.2 Å². The van der Waals surface area contributed by atoms with E-state index in [9.17, 15) is 24.0 Å². The summed E-state index contributed by atoms with van der Waals surface area (Å²) in [5, 5.41) is 2.39. The third-order valence-electron chi connectivity index (χ3n) is 5.53. The lowest BCUT2D eigenvalue weighted by atomic mass is 10.1. The molecule has 2 fully saturated rings. The number of amides is 4. The van der Waals surface area contributed by atoms with Gasteiger partial charge in [0.15, 0.2) is 6.04 Å². The number of fused-ring (bicyclic) bond motifs is 2. The smallest absolute Gasteiger partial charge is 0.330 e. The first-order valence-corrected chi connectivity index (χ1v) is 9.72. The van der Waals surface area contributed by atoms with Crippen LogP contribution in [0, 0.1) is 0 Å². The fourth-order valence-electron chi connectivity index (χ4n) is 4.20. The van der Waals surface area contributed by atoms with Gasteiger partial charge >= 0.3 is 5.97 Å². The number of esters is 1. The SMILES string of the molecule is CCOC(=O)C1CCCN2C(=O)CCC(N3C(=O)c4ccccc4C3=O)C(=O)N12. The number of hydrazine groups is 1. The maximum absolute atomic E-state index is 13.5. The predicted molar refractivity (Wildman–Crippen MR) is 98.2 cm³/mol. The van der Waals surface area contributed by atoms with Gasteiger partial charge in [-0.3, -0.25) is 29.1 Å². The minimum atomic E-state index is -1.15. The van der Waals surface area contributed by atoms with Gasteiger partial charge in [-0.2, -0.15) is 0 Å². The lowest BCUT2D eigenvalue weighted by molar-refractivity contribution is -0.183. The highest BCUT2D eigenvalue weighted by atomic mass is 16.5. The molecule has 0 spiro atoms. The Kier molecular flexibility index (Phi) is 4.81. The van der Waals surface area contributed by atoms with Crippen molar-refractivity contribution in [3.05, 3.63) is 35.4 Å². The first-order valence-electron chi connectivity index (χ1n) is 9.72. The van der Waals surface area contributed by atoms with E-state index in [4.69, 9.17) is 4.74 Å². The molecule has 0 bridgehead atoms. The molecule has 0 saturated carbocycles. The summed E-state index contributed by atoms with van der Waals surface area (Å²) in [6.07, 6.45) is 0.918. The van der Waals surface area contributed by atoms with Crippen LogP contribution in [0.2, 0.25) is 0 Å². The zero-order chi connectivity index (χ0) is 20.7. The second-order valence-corrected chi connectivity index (χ2v) is 7.19. The Bertz CT molecular complexity index is 878. The van der Waals surface area contributed by atoms with E-state index in [1.165, 1.54) is 17.1 Å². The quantitative estimate of drug-likeness (QED) is 0.549. The normalized spacial score (nSPS) is 24.4. The highest BCUT2D eigenvalue weighted by Crippen LogP contribution is 2.31. The average molecular weight is 399 g/mol. The molecule has 2 unspecified atom stereocenters. The van der Waals surface area contributed by atoms with Crippen LogP contribution in [0.3, 0.4) is 0 Å². The zero-order valence-electron chi connectivity index (χ0n) is 16.0. The number of carbonyl (C=O) groups is 5. The van der Waals surface area contributed by atoms with Crippen LogP contribution >= 0.6 is 0 Å². The summed E-state index contributed by atoms with van der Waals surface area (Å²) in [5.41, 5.74) is 0.469. The van der Waals surface area contributed by atoms with Gasteiger partial charge in [-0.05, 0) is 38.3 Å². The summed E-state index contributed by atoms with van der Waals surface area (Å²) in [6, 6.07) is 4.28. The largest absolute Gasteiger partial charge is 0.464 e. The molecular weight excluding hydrogens is 378 g/mol. The van der Waals surface area contributed by atoms with Crippen LogP contribution < -0.4 is 0 Å². The number of rotatable bonds is 3. The molecule has 3 aliphatic rings. The van der Waals surface area contributed by atoms with Gasteiger partial charge in [0.25, 0.3) is 17.7 Å². The van der Waals surface area contributed by atoms with E-state index in [-0.39, 0.29) is 36.5 Å². The van der Waals surface area contributed by atoms with Gasteiger partial charge < -0.3 is 4.74 Å². The predicted octanol–water partition coefficient (Wildman–Crippen LogP) is 0.743. The second-order valence-electron chi connectivity index (χ2n) is 7.19. The first kappa shape index (κ1) is 19.1. The van der Waals surface area contributed by atoms with Crippen LogP contribution in [0.5, 0.6) is 0 Å². The van der Waals surface area contributed by atoms with E-state index < -0.39 is 35.8 Å². The molecule has 1 aromatic carbocycles. The summed E-state index contributed by atoms with van der Waals surface area (Å²) >= 11 is 0. The Morgan fingerprint density at radius 3 is 2.34 bits per heavy atom. The molecule has 29 heavy (non-hydrogen) atoms. The van der Waals surface area contributed by atoms with Crippen LogP contribution in [-0.2, 0) is 19.1 Å². The summed E-state index contributed by atoms with van der Waals surface area (Å²) in [4.78, 5) is 65.2. The van der Waals surface area contributed by atoms with Gasteiger partial charge in [0.1, 0.15) is 6.04 Å².